The van der Waals surface area contributed by atoms with Crippen molar-refractivity contribution in [3.8, 4) is 45.7 Å². The first kappa shape index (κ1) is 78.2. The van der Waals surface area contributed by atoms with Gasteiger partial charge in [0.25, 0.3) is 0 Å². The van der Waals surface area contributed by atoms with Crippen molar-refractivity contribution in [2.45, 2.75) is 0 Å². The zero-order valence-electron chi connectivity index (χ0n) is 77.6. The molecule has 0 spiro atoms. The van der Waals surface area contributed by atoms with Crippen LogP contribution < -0.4 is 0 Å². The van der Waals surface area contributed by atoms with Crippen LogP contribution in [0.2, 0.25) is 0 Å². The monoisotopic (exact) mass is 1840 g/mol. The lowest BCUT2D eigenvalue weighted by Crippen LogP contribution is -2.02. The van der Waals surface area contributed by atoms with E-state index < -0.39 is 0 Å². The van der Waals surface area contributed by atoms with Crippen molar-refractivity contribution in [3.05, 3.63) is 455 Å². The van der Waals surface area contributed by atoms with E-state index in [1.165, 1.54) is 217 Å². The number of hydrogen-bond donors (Lipinski definition) is 0. The maximum absolute atomic E-state index is 5.27. The molecule has 0 bridgehead atoms. The number of aromatic nitrogens is 13. The van der Waals surface area contributed by atoms with Gasteiger partial charge in [-0.2, -0.15) is 4.98 Å². The highest BCUT2D eigenvalue weighted by Gasteiger charge is 2.32. The van der Waals surface area contributed by atoms with Crippen molar-refractivity contribution >= 4 is 267 Å². The molecule has 0 radical (unpaired) electrons. The molecule has 0 atom stereocenters. The highest BCUT2D eigenvalue weighted by molar-refractivity contribution is 6.40. The maximum Gasteiger partial charge on any atom is 0.236 e. The number of hydrogen-bond acceptors (Lipinski definition) is 6. The van der Waals surface area contributed by atoms with E-state index in [0.717, 1.165) is 77.8 Å². The predicted molar refractivity (Wildman–Crippen MR) is 603 cm³/mol. The van der Waals surface area contributed by atoms with Crippen molar-refractivity contribution in [3.63, 3.8) is 0 Å². The summed E-state index contributed by atoms with van der Waals surface area (Å²) in [5, 5.41) is 36.9. The van der Waals surface area contributed by atoms with Crippen LogP contribution >= 0.6 is 0 Å². The molecule has 13 nitrogen and oxygen atoms in total. The molecule has 21 aromatic carbocycles. The maximum atomic E-state index is 5.27. The Morgan fingerprint density at radius 3 is 1.08 bits per heavy atom. The fourth-order valence-corrected chi connectivity index (χ4v) is 25.3. The Bertz CT molecular complexity index is 11800. The second-order valence-corrected chi connectivity index (χ2v) is 38.7. The van der Waals surface area contributed by atoms with Crippen LogP contribution in [0.5, 0.6) is 0 Å². The Balaban J connectivity index is 0.0000000966. The SMILES string of the molecule is c1ccc(-n2c3ccccc3c3cc(-n4c5ccc6ccccc6c5c5cc6c7ccccc7n7c8ccccc8c(c54)c67)cnc32)cc1.c1ccc2cc(-c3nc(-c4ccc(-n5c6ccc7ccccc7c6c6cc7c8ccccc8n8c9ccccc9c(c65)c78)cc4)nc4ccccc34)ccc2c1.c1cnc2nc(-n3c4ccc5ccccc5c4c4cc5c6ccccc6n6c7ccccc7c(c43)c56)ncc2c1. The number of rotatable bonds is 6. The van der Waals surface area contributed by atoms with Gasteiger partial charge in [0, 0.05) is 153 Å². The number of pyridine rings is 2. The van der Waals surface area contributed by atoms with Crippen LogP contribution in [0.15, 0.2) is 455 Å². The van der Waals surface area contributed by atoms with Crippen molar-refractivity contribution in [1.82, 2.24) is 61.4 Å². The molecular weight excluding hydrogens is 1770 g/mol. The summed E-state index contributed by atoms with van der Waals surface area (Å²) < 4.78 is 16.9. The lowest BCUT2D eigenvalue weighted by molar-refractivity contribution is 1.00. The normalized spacial score (nSPS) is 12.4. The first-order valence-corrected chi connectivity index (χ1v) is 49.5. The summed E-state index contributed by atoms with van der Waals surface area (Å²) in [6, 6.07) is 158. The molecule has 35 rings (SSSR count). The van der Waals surface area contributed by atoms with Gasteiger partial charge in [-0.15, -0.1) is 0 Å². The number of para-hydroxylation sites is 9. The predicted octanol–water partition coefficient (Wildman–Crippen LogP) is 33.5. The van der Waals surface area contributed by atoms with E-state index in [-0.39, 0.29) is 0 Å². The van der Waals surface area contributed by atoms with Crippen molar-refractivity contribution in [2.75, 3.05) is 0 Å². The molecule has 0 N–H and O–H groups in total. The first-order chi connectivity index (χ1) is 72.0. The highest BCUT2D eigenvalue weighted by atomic mass is 15.2. The van der Waals surface area contributed by atoms with Crippen molar-refractivity contribution in [1.29, 1.82) is 0 Å². The topological polar surface area (TPSA) is 110 Å². The Labute approximate surface area is 823 Å². The van der Waals surface area contributed by atoms with E-state index in [4.69, 9.17) is 24.9 Å². The third kappa shape index (κ3) is 10.8. The molecule has 13 heteroatoms. The van der Waals surface area contributed by atoms with E-state index in [0.29, 0.717) is 17.4 Å². The standard InChI is InChI=1S/C52H30N4.C45H26N4.C35H19N5/c1-2-13-34-29-35(22-21-31(34)11-1)49-39-16-5-8-18-43(39)53-52(54-49)33-23-26-36(27-24-33)55-46-28-25-32-12-3-4-14-37(32)47(46)42-30-41-38-15-6-9-19-44(38)56-45-20-10-7-17-40(45)48(50(41)56)51(42)55;1-2-13-28(14-3-1)48-37-19-9-7-17-32(37)35-24-29(26-46-45(35)48)47-40-23-22-27-12-4-5-15-30(27)41(40)36-25-34-31-16-6-10-20-38(31)49-39-21-11-8-18-33(39)42(43(34)49)44(36)47;1-2-10-22-20(8-1)15-16-29-30(22)26-18-25-23-11-3-5-13-27(23)39-28-14-6-4-12-24(28)31(32(25)39)33(26)40(29)35-37-19-21-9-7-17-36-34(21)38-35/h1-30H;1-26H;1-19H. The fraction of sp³-hybridized carbons (Fsp3) is 0. The van der Waals surface area contributed by atoms with Crippen LogP contribution in [0.3, 0.4) is 0 Å². The molecule has 0 aliphatic rings. The van der Waals surface area contributed by atoms with Gasteiger partial charge in [-0.3, -0.25) is 9.13 Å². The molecule has 0 aliphatic carbocycles. The Hall–Kier alpha value is -19.8. The number of nitrogens with zero attached hydrogens (tertiary/aromatic N) is 13. The molecule has 14 heterocycles. The van der Waals surface area contributed by atoms with Crippen molar-refractivity contribution < 1.29 is 0 Å². The molecule has 14 aromatic heterocycles. The molecule has 668 valence electrons. The molecule has 0 unspecified atom stereocenters. The Kier molecular flexibility index (Phi) is 15.9. The number of benzene rings is 21. The lowest BCUT2D eigenvalue weighted by Gasteiger charge is -2.12. The van der Waals surface area contributed by atoms with Crippen LogP contribution in [-0.2, 0) is 0 Å². The van der Waals surface area contributed by atoms with Gasteiger partial charge < -0.3 is 22.3 Å². The first-order valence-electron chi connectivity index (χ1n) is 49.5. The van der Waals surface area contributed by atoms with Gasteiger partial charge in [-0.05, 0) is 189 Å². The van der Waals surface area contributed by atoms with Gasteiger partial charge >= 0.3 is 0 Å². The van der Waals surface area contributed by atoms with Crippen molar-refractivity contribution in [2.24, 2.45) is 0 Å². The van der Waals surface area contributed by atoms with Crippen LogP contribution in [0.25, 0.3) is 312 Å². The summed E-state index contributed by atoms with van der Waals surface area (Å²) in [7, 11) is 0. The molecule has 145 heavy (non-hydrogen) atoms. The molecule has 35 aromatic rings. The molecule has 0 amide bonds. The van der Waals surface area contributed by atoms with E-state index >= 15 is 0 Å². The third-order valence-electron chi connectivity index (χ3n) is 31.3. The molecule has 0 saturated heterocycles. The number of fused-ring (bicyclic) bond motifs is 42. The average Bonchev–Trinajstić information content (AvgIpc) is 1.52. The van der Waals surface area contributed by atoms with Crippen LogP contribution in [0.4, 0.5) is 0 Å². The third-order valence-corrected chi connectivity index (χ3v) is 31.3. The molecule has 0 aliphatic heterocycles. The van der Waals surface area contributed by atoms with Crippen LogP contribution in [0.1, 0.15) is 0 Å². The summed E-state index contributed by atoms with van der Waals surface area (Å²) in [5.74, 6) is 1.34. The lowest BCUT2D eigenvalue weighted by atomic mass is 10.0. The van der Waals surface area contributed by atoms with Gasteiger partial charge in [0.05, 0.1) is 111 Å². The summed E-state index contributed by atoms with van der Waals surface area (Å²) >= 11 is 0. The van der Waals surface area contributed by atoms with E-state index in [2.05, 4.69) is 467 Å². The van der Waals surface area contributed by atoms with E-state index in [1.54, 1.807) is 6.20 Å². The second-order valence-electron chi connectivity index (χ2n) is 38.7. The fourth-order valence-electron chi connectivity index (χ4n) is 25.3. The minimum Gasteiger partial charge on any atom is -0.309 e. The largest absolute Gasteiger partial charge is 0.309 e. The second kappa shape index (κ2) is 29.4. The summed E-state index contributed by atoms with van der Waals surface area (Å²) in [6.45, 7) is 0. The van der Waals surface area contributed by atoms with Gasteiger partial charge in [0.1, 0.15) is 5.65 Å². The minimum absolute atomic E-state index is 0.629. The Morgan fingerprint density at radius 2 is 0.566 bits per heavy atom. The van der Waals surface area contributed by atoms with E-state index in [1.807, 2.05) is 18.3 Å². The zero-order chi connectivity index (χ0) is 94.2. The van der Waals surface area contributed by atoms with E-state index in [9.17, 15) is 0 Å². The quantitative estimate of drug-likeness (QED) is 0.164. The Morgan fingerprint density at radius 1 is 0.179 bits per heavy atom. The van der Waals surface area contributed by atoms with Gasteiger partial charge in [0.2, 0.25) is 5.95 Å². The summed E-state index contributed by atoms with van der Waals surface area (Å²) in [6.07, 6.45) is 5.74. The smallest absolute Gasteiger partial charge is 0.236 e. The minimum atomic E-state index is 0.629. The molecule has 0 saturated carbocycles. The van der Waals surface area contributed by atoms with Crippen LogP contribution in [-0.4, -0.2) is 61.4 Å². The molecular formula is C132H75N13. The van der Waals surface area contributed by atoms with Gasteiger partial charge in [-0.1, -0.05) is 291 Å². The molecule has 0 fully saturated rings. The zero-order valence-corrected chi connectivity index (χ0v) is 77.6. The average molecular weight is 1840 g/mol. The van der Waals surface area contributed by atoms with Gasteiger partial charge in [0.15, 0.2) is 11.5 Å². The highest BCUT2D eigenvalue weighted by Crippen LogP contribution is 2.54. The summed E-state index contributed by atoms with van der Waals surface area (Å²) in [5.41, 5.74) is 28.2. The van der Waals surface area contributed by atoms with Gasteiger partial charge in [-0.25, -0.2) is 24.9 Å². The van der Waals surface area contributed by atoms with Crippen LogP contribution in [0, 0.1) is 0 Å². The summed E-state index contributed by atoms with van der Waals surface area (Å²) in [4.78, 5) is 30.1.